The highest BCUT2D eigenvalue weighted by atomic mass is 35.5. The van der Waals surface area contributed by atoms with Crippen LogP contribution in [-0.2, 0) is 9.59 Å². The summed E-state index contributed by atoms with van der Waals surface area (Å²) in [5.74, 6) is -0.194. The van der Waals surface area contributed by atoms with Crippen molar-refractivity contribution in [3.8, 4) is 0 Å². The zero-order valence-corrected chi connectivity index (χ0v) is 10.7. The maximum absolute atomic E-state index is 11.4. The topological polar surface area (TPSA) is 49.4 Å². The molecule has 0 unspecified atom stereocenters. The fourth-order valence-corrected chi connectivity index (χ4v) is 1.89. The number of rotatable bonds is 3. The third kappa shape index (κ3) is 3.83. The molecule has 0 radical (unpaired) electrons. The van der Waals surface area contributed by atoms with Crippen LogP contribution in [0.4, 0.5) is 0 Å². The minimum absolute atomic E-state index is 0.0772. The van der Waals surface area contributed by atoms with Gasteiger partial charge in [-0.1, -0.05) is 30.1 Å². The predicted octanol–water partition coefficient (Wildman–Crippen LogP) is 1.31. The van der Waals surface area contributed by atoms with E-state index in [1.54, 1.807) is 0 Å². The Morgan fingerprint density at radius 2 is 1.94 bits per heavy atom. The summed E-state index contributed by atoms with van der Waals surface area (Å²) in [5.41, 5.74) is 0. The SMILES string of the molecule is CCC(=O)N1CCC(NC(=O)C(Cl)Cl)CC1. The number of halogens is 2. The first-order valence-corrected chi connectivity index (χ1v) is 6.28. The van der Waals surface area contributed by atoms with Crippen LogP contribution in [0.3, 0.4) is 0 Å². The van der Waals surface area contributed by atoms with Crippen molar-refractivity contribution in [3.63, 3.8) is 0 Å². The van der Waals surface area contributed by atoms with Gasteiger partial charge in [-0.3, -0.25) is 9.59 Å². The van der Waals surface area contributed by atoms with Crippen molar-refractivity contribution in [3.05, 3.63) is 0 Å². The molecule has 1 rings (SSSR count). The molecule has 0 bridgehead atoms. The van der Waals surface area contributed by atoms with E-state index in [-0.39, 0.29) is 17.9 Å². The Morgan fingerprint density at radius 1 is 1.38 bits per heavy atom. The van der Waals surface area contributed by atoms with Gasteiger partial charge in [0.05, 0.1) is 0 Å². The normalized spacial score (nSPS) is 17.6. The van der Waals surface area contributed by atoms with Crippen molar-refractivity contribution < 1.29 is 9.59 Å². The first-order chi connectivity index (χ1) is 7.54. The van der Waals surface area contributed by atoms with Gasteiger partial charge in [0.2, 0.25) is 5.91 Å². The van der Waals surface area contributed by atoms with Gasteiger partial charge in [0.25, 0.3) is 5.91 Å². The Kier molecular flexibility index (Phi) is 5.35. The lowest BCUT2D eigenvalue weighted by atomic mass is 10.0. The van der Waals surface area contributed by atoms with Crippen LogP contribution >= 0.6 is 23.2 Å². The maximum Gasteiger partial charge on any atom is 0.253 e. The molecule has 16 heavy (non-hydrogen) atoms. The Balaban J connectivity index is 2.32. The lowest BCUT2D eigenvalue weighted by Crippen LogP contribution is -2.47. The molecule has 0 aliphatic carbocycles. The van der Waals surface area contributed by atoms with Crippen LogP contribution in [0.15, 0.2) is 0 Å². The van der Waals surface area contributed by atoms with Gasteiger partial charge < -0.3 is 10.2 Å². The molecule has 2 amide bonds. The van der Waals surface area contributed by atoms with E-state index >= 15 is 0 Å². The molecule has 0 spiro atoms. The van der Waals surface area contributed by atoms with E-state index < -0.39 is 4.84 Å². The van der Waals surface area contributed by atoms with Gasteiger partial charge in [-0.2, -0.15) is 0 Å². The van der Waals surface area contributed by atoms with Crippen molar-refractivity contribution in [1.82, 2.24) is 10.2 Å². The van der Waals surface area contributed by atoms with Crippen LogP contribution in [0, 0.1) is 0 Å². The number of carbonyl (C=O) groups is 2. The predicted molar refractivity (Wildman–Crippen MR) is 63.5 cm³/mol. The summed E-state index contributed by atoms with van der Waals surface area (Å²) < 4.78 is 0. The number of likely N-dealkylation sites (tertiary alicyclic amines) is 1. The molecule has 1 N–H and O–H groups in total. The first kappa shape index (κ1) is 13.6. The van der Waals surface area contributed by atoms with Gasteiger partial charge in [0.15, 0.2) is 4.84 Å². The molecule has 1 aliphatic heterocycles. The second-order valence-electron chi connectivity index (χ2n) is 3.82. The molecule has 4 nitrogen and oxygen atoms in total. The fourth-order valence-electron chi connectivity index (χ4n) is 1.76. The van der Waals surface area contributed by atoms with Crippen LogP contribution < -0.4 is 5.32 Å². The van der Waals surface area contributed by atoms with Gasteiger partial charge in [-0.15, -0.1) is 0 Å². The molecule has 0 atom stereocenters. The Morgan fingerprint density at radius 3 is 2.38 bits per heavy atom. The quantitative estimate of drug-likeness (QED) is 0.784. The largest absolute Gasteiger partial charge is 0.351 e. The minimum Gasteiger partial charge on any atom is -0.351 e. The number of carbonyl (C=O) groups excluding carboxylic acids is 2. The van der Waals surface area contributed by atoms with Gasteiger partial charge in [0, 0.05) is 25.6 Å². The van der Waals surface area contributed by atoms with Gasteiger partial charge in [0.1, 0.15) is 0 Å². The second-order valence-corrected chi connectivity index (χ2v) is 4.91. The number of amides is 2. The molecule has 0 aromatic heterocycles. The third-order valence-electron chi connectivity index (χ3n) is 2.69. The molecule has 0 aromatic carbocycles. The summed E-state index contributed by atoms with van der Waals surface area (Å²) in [4.78, 5) is 23.4. The molecular weight excluding hydrogens is 251 g/mol. The molecule has 1 fully saturated rings. The average molecular weight is 267 g/mol. The van der Waals surface area contributed by atoms with E-state index in [1.165, 1.54) is 0 Å². The third-order valence-corrected chi connectivity index (χ3v) is 3.09. The Hall–Kier alpha value is -0.480. The van der Waals surface area contributed by atoms with Crippen LogP contribution in [0.2, 0.25) is 0 Å². The van der Waals surface area contributed by atoms with Crippen molar-refractivity contribution in [2.45, 2.75) is 37.1 Å². The Labute approximate surface area is 105 Å². The molecule has 1 aliphatic rings. The number of nitrogens with one attached hydrogen (secondary N) is 1. The lowest BCUT2D eigenvalue weighted by molar-refractivity contribution is -0.132. The first-order valence-electron chi connectivity index (χ1n) is 5.41. The molecular formula is C10H16Cl2N2O2. The van der Waals surface area contributed by atoms with E-state index in [1.807, 2.05) is 11.8 Å². The number of piperidine rings is 1. The summed E-state index contributed by atoms with van der Waals surface area (Å²) >= 11 is 10.9. The monoisotopic (exact) mass is 266 g/mol. The molecule has 6 heteroatoms. The summed E-state index contributed by atoms with van der Waals surface area (Å²) in [6.45, 7) is 3.22. The van der Waals surface area contributed by atoms with Gasteiger partial charge in [-0.05, 0) is 12.8 Å². The van der Waals surface area contributed by atoms with E-state index in [0.717, 1.165) is 12.8 Å². The number of hydrogen-bond donors (Lipinski definition) is 1. The van der Waals surface area contributed by atoms with Crippen LogP contribution in [0.25, 0.3) is 0 Å². The van der Waals surface area contributed by atoms with Gasteiger partial charge >= 0.3 is 0 Å². The number of alkyl halides is 2. The Bertz CT molecular complexity index is 264. The molecule has 1 saturated heterocycles. The fraction of sp³-hybridized carbons (Fsp3) is 0.800. The zero-order chi connectivity index (χ0) is 12.1. The highest BCUT2D eigenvalue weighted by molar-refractivity contribution is 6.53. The highest BCUT2D eigenvalue weighted by Crippen LogP contribution is 2.12. The van der Waals surface area contributed by atoms with E-state index in [4.69, 9.17) is 23.2 Å². The summed E-state index contributed by atoms with van der Waals surface area (Å²) in [5, 5.41) is 2.75. The number of hydrogen-bond acceptors (Lipinski definition) is 2. The van der Waals surface area contributed by atoms with E-state index in [2.05, 4.69) is 5.32 Å². The molecule has 92 valence electrons. The molecule has 0 aromatic rings. The maximum atomic E-state index is 11.4. The smallest absolute Gasteiger partial charge is 0.253 e. The van der Waals surface area contributed by atoms with Gasteiger partial charge in [-0.25, -0.2) is 0 Å². The van der Waals surface area contributed by atoms with Crippen LogP contribution in [-0.4, -0.2) is 40.7 Å². The summed E-state index contributed by atoms with van der Waals surface area (Å²) in [6, 6.07) is 0.0772. The second kappa shape index (κ2) is 6.30. The molecule has 1 heterocycles. The average Bonchev–Trinajstić information content (AvgIpc) is 2.28. The van der Waals surface area contributed by atoms with Crippen molar-refractivity contribution >= 4 is 35.0 Å². The van der Waals surface area contributed by atoms with Crippen LogP contribution in [0.5, 0.6) is 0 Å². The molecule has 0 saturated carbocycles. The van der Waals surface area contributed by atoms with Crippen molar-refractivity contribution in [2.24, 2.45) is 0 Å². The highest BCUT2D eigenvalue weighted by Gasteiger charge is 2.24. The lowest BCUT2D eigenvalue weighted by Gasteiger charge is -2.32. The van der Waals surface area contributed by atoms with Crippen molar-refractivity contribution in [1.29, 1.82) is 0 Å². The van der Waals surface area contributed by atoms with Crippen molar-refractivity contribution in [2.75, 3.05) is 13.1 Å². The summed E-state index contributed by atoms with van der Waals surface area (Å²) in [7, 11) is 0. The standard InChI is InChI=1S/C10H16Cl2N2O2/c1-2-8(15)14-5-3-7(4-6-14)13-10(16)9(11)12/h7,9H,2-6H2,1H3,(H,13,16). The number of nitrogens with zero attached hydrogens (tertiary/aromatic N) is 1. The zero-order valence-electron chi connectivity index (χ0n) is 9.21. The van der Waals surface area contributed by atoms with E-state index in [0.29, 0.717) is 19.5 Å². The minimum atomic E-state index is -1.02. The van der Waals surface area contributed by atoms with Crippen LogP contribution in [0.1, 0.15) is 26.2 Å². The summed E-state index contributed by atoms with van der Waals surface area (Å²) in [6.07, 6.45) is 2.05. The van der Waals surface area contributed by atoms with E-state index in [9.17, 15) is 9.59 Å².